The highest BCUT2D eigenvalue weighted by Crippen LogP contribution is 2.39. The highest BCUT2D eigenvalue weighted by atomic mass is 35.5. The van der Waals surface area contributed by atoms with Crippen molar-refractivity contribution in [2.75, 3.05) is 44.9 Å². The van der Waals surface area contributed by atoms with Crippen LogP contribution in [0.3, 0.4) is 0 Å². The zero-order chi connectivity index (χ0) is 44.2. The molecule has 2 aliphatic heterocycles. The molecule has 5 aromatic carbocycles. The topological polar surface area (TPSA) is 76.5 Å². The summed E-state index contributed by atoms with van der Waals surface area (Å²) < 4.78 is 48.5. The molecule has 0 aliphatic carbocycles. The van der Waals surface area contributed by atoms with E-state index in [1.807, 2.05) is 110 Å². The summed E-state index contributed by atoms with van der Waals surface area (Å²) in [6.45, 7) is 8.08. The smallest absolute Gasteiger partial charge is 0.265 e. The molecule has 0 bridgehead atoms. The maximum absolute atomic E-state index is 15.1. The molecule has 0 unspecified atom stereocenters. The summed E-state index contributed by atoms with van der Waals surface area (Å²) in [6, 6.07) is 35.3. The van der Waals surface area contributed by atoms with E-state index in [1.165, 1.54) is 17.7 Å². The number of anilines is 1. The molecule has 9 nitrogen and oxygen atoms in total. The number of rotatable bonds is 13. The summed E-state index contributed by atoms with van der Waals surface area (Å²) in [5.41, 5.74) is 7.06. The van der Waals surface area contributed by atoms with Crippen LogP contribution < -0.4 is 14.4 Å². The third kappa shape index (κ3) is 9.37. The van der Waals surface area contributed by atoms with Crippen LogP contribution in [0.25, 0.3) is 11.3 Å². The highest BCUT2D eigenvalue weighted by molar-refractivity contribution is 6.32. The number of carbonyl (C=O) groups is 2. The van der Waals surface area contributed by atoms with Crippen molar-refractivity contribution in [3.05, 3.63) is 170 Å². The van der Waals surface area contributed by atoms with E-state index in [-0.39, 0.29) is 40.6 Å². The van der Waals surface area contributed by atoms with Gasteiger partial charge in [-0.05, 0) is 96.6 Å². The normalized spacial score (nSPS) is 15.3. The maximum atomic E-state index is 15.1. The lowest BCUT2D eigenvalue weighted by Gasteiger charge is -2.40. The third-order valence-corrected chi connectivity index (χ3v) is 12.7. The van der Waals surface area contributed by atoms with E-state index in [9.17, 15) is 8.78 Å². The number of fused-ring (bicyclic) bond motifs is 1. The average Bonchev–Trinajstić information content (AvgIpc) is 3.60. The van der Waals surface area contributed by atoms with Gasteiger partial charge in [-0.1, -0.05) is 78.3 Å². The largest absolute Gasteiger partial charge is 0.496 e. The Labute approximate surface area is 372 Å². The van der Waals surface area contributed by atoms with E-state index in [4.69, 9.17) is 25.8 Å². The predicted molar refractivity (Wildman–Crippen MR) is 242 cm³/mol. The van der Waals surface area contributed by atoms with Gasteiger partial charge in [-0.15, -0.1) is 0 Å². The van der Waals surface area contributed by atoms with E-state index in [1.54, 1.807) is 29.7 Å². The van der Waals surface area contributed by atoms with E-state index < -0.39 is 12.0 Å². The van der Waals surface area contributed by atoms with Crippen molar-refractivity contribution in [2.24, 2.45) is 7.05 Å². The van der Waals surface area contributed by atoms with Crippen LogP contribution in [-0.2, 0) is 37.9 Å². The molecule has 2 amide bonds. The van der Waals surface area contributed by atoms with Gasteiger partial charge >= 0.3 is 0 Å². The lowest BCUT2D eigenvalue weighted by molar-refractivity contribution is 0.0193. The van der Waals surface area contributed by atoms with Crippen LogP contribution in [0.4, 0.5) is 14.5 Å². The molecule has 1 fully saturated rings. The number of morpholine rings is 1. The zero-order valence-corrected chi connectivity index (χ0v) is 36.7. The van der Waals surface area contributed by atoms with Crippen molar-refractivity contribution in [2.45, 2.75) is 52.4 Å². The monoisotopic (exact) mass is 872 g/mol. The Hall–Kier alpha value is -6.01. The number of hydrogen-bond donors (Lipinski definition) is 0. The number of ether oxygens (including phenoxy) is 3. The summed E-state index contributed by atoms with van der Waals surface area (Å²) >= 11 is 6.59. The summed E-state index contributed by atoms with van der Waals surface area (Å²) in [7, 11) is 3.39. The Morgan fingerprint density at radius 1 is 0.873 bits per heavy atom. The van der Waals surface area contributed by atoms with Crippen LogP contribution in [0.5, 0.6) is 11.5 Å². The molecule has 8 rings (SSSR count). The first-order chi connectivity index (χ1) is 30.5. The number of carbonyl (C=O) groups excluding carboxylic acids is 2. The molecule has 0 radical (unpaired) electrons. The van der Waals surface area contributed by atoms with Gasteiger partial charge in [0.15, 0.2) is 0 Å². The van der Waals surface area contributed by atoms with Crippen LogP contribution >= 0.6 is 11.6 Å². The molecule has 3 heterocycles. The highest BCUT2D eigenvalue weighted by Gasteiger charge is 2.35. The quantitative estimate of drug-likeness (QED) is 0.115. The van der Waals surface area contributed by atoms with Crippen LogP contribution in [0.2, 0.25) is 5.02 Å². The third-order valence-electron chi connectivity index (χ3n) is 12.4. The molecular formula is C51H51ClF2N4O5. The van der Waals surface area contributed by atoms with Gasteiger partial charge in [0, 0.05) is 67.5 Å². The second-order valence-electron chi connectivity index (χ2n) is 16.2. The van der Waals surface area contributed by atoms with E-state index in [2.05, 4.69) is 11.0 Å². The number of hydrogen-bond acceptors (Lipinski definition) is 6. The van der Waals surface area contributed by atoms with Crippen LogP contribution in [-0.4, -0.2) is 72.2 Å². The number of alkyl halides is 2. The molecule has 326 valence electrons. The fourth-order valence-corrected chi connectivity index (χ4v) is 8.90. The Bertz CT molecular complexity index is 2590. The SMILES string of the molecule is COc1cccc(CN(C(=O)c2cc(-c3cc(C(F)F)c(Cl)cc3C(=O)N3Cc4ccccc4C[C@H]3CN3CCOCC3)n(C)c2C)c2ccc(OCc3ccccc3)cc2)c1C. The number of aromatic nitrogens is 1. The van der Waals surface area contributed by atoms with Gasteiger partial charge in [0.05, 0.1) is 43.0 Å². The minimum absolute atomic E-state index is 0.185. The van der Waals surface area contributed by atoms with Crippen molar-refractivity contribution < 1.29 is 32.6 Å². The maximum Gasteiger partial charge on any atom is 0.265 e. The van der Waals surface area contributed by atoms with Crippen molar-refractivity contribution in [1.29, 1.82) is 0 Å². The van der Waals surface area contributed by atoms with Gasteiger partial charge in [0.25, 0.3) is 18.2 Å². The molecular weight excluding hydrogens is 822 g/mol. The minimum Gasteiger partial charge on any atom is -0.496 e. The molecule has 2 aliphatic rings. The van der Waals surface area contributed by atoms with E-state index >= 15 is 9.59 Å². The van der Waals surface area contributed by atoms with Crippen LogP contribution in [0.1, 0.15) is 66.2 Å². The number of nitrogens with zero attached hydrogens (tertiary/aromatic N) is 4. The van der Waals surface area contributed by atoms with Gasteiger partial charge in [-0.2, -0.15) is 0 Å². The first-order valence-electron chi connectivity index (χ1n) is 21.2. The standard InChI is InChI=1S/C51H51ClF2N4O5/c1-33-37(15-10-16-48(33)61-4)29-57(39-17-19-41(20-18-39)63-32-35-11-6-5-7-12-35)50(59)42-28-47(55(3)34(42)2)43-26-45(49(53)54)46(52)27-44(43)51(60)58-30-38-14-9-8-13-36(38)25-40(58)31-56-21-23-62-24-22-56/h5-20,26-28,40,49H,21-25,29-32H2,1-4H3/t40-/m0/s1. The molecule has 1 saturated heterocycles. The molecule has 63 heavy (non-hydrogen) atoms. The zero-order valence-electron chi connectivity index (χ0n) is 36.0. The molecule has 1 aromatic heterocycles. The number of halogens is 3. The minimum atomic E-state index is -2.90. The Balaban J connectivity index is 1.17. The van der Waals surface area contributed by atoms with Crippen molar-refractivity contribution in [3.63, 3.8) is 0 Å². The Morgan fingerprint density at radius 2 is 1.59 bits per heavy atom. The summed E-state index contributed by atoms with van der Waals surface area (Å²) in [5.74, 6) is 0.701. The number of benzene rings is 5. The first kappa shape index (κ1) is 43.6. The summed E-state index contributed by atoms with van der Waals surface area (Å²) in [6.07, 6.45) is -2.26. The molecule has 0 spiro atoms. The lowest BCUT2D eigenvalue weighted by atomic mass is 9.91. The first-order valence-corrected chi connectivity index (χ1v) is 21.6. The van der Waals surface area contributed by atoms with Gasteiger partial charge in [0.2, 0.25) is 0 Å². The average molecular weight is 873 g/mol. The van der Waals surface area contributed by atoms with E-state index in [0.29, 0.717) is 73.5 Å². The van der Waals surface area contributed by atoms with Crippen molar-refractivity contribution >= 4 is 29.1 Å². The number of methoxy groups -OCH3 is 1. The second-order valence-corrected chi connectivity index (χ2v) is 16.6. The Kier molecular flexibility index (Phi) is 13.3. The lowest BCUT2D eigenvalue weighted by Crippen LogP contribution is -2.52. The Morgan fingerprint density at radius 3 is 2.30 bits per heavy atom. The molecule has 6 aromatic rings. The second kappa shape index (κ2) is 19.2. The van der Waals surface area contributed by atoms with Crippen LogP contribution in [0.15, 0.2) is 115 Å². The summed E-state index contributed by atoms with van der Waals surface area (Å²) in [4.78, 5) is 36.0. The number of amides is 2. The van der Waals surface area contributed by atoms with Gasteiger partial charge in [-0.3, -0.25) is 14.5 Å². The predicted octanol–water partition coefficient (Wildman–Crippen LogP) is 10.2. The summed E-state index contributed by atoms with van der Waals surface area (Å²) in [5, 5.41) is -0.197. The van der Waals surface area contributed by atoms with Crippen molar-refractivity contribution in [3.8, 4) is 22.8 Å². The fourth-order valence-electron chi connectivity index (χ4n) is 8.66. The molecule has 0 saturated carbocycles. The van der Waals surface area contributed by atoms with Gasteiger partial charge in [0.1, 0.15) is 18.1 Å². The molecule has 1 atom stereocenters. The van der Waals surface area contributed by atoms with Crippen LogP contribution in [0, 0.1) is 13.8 Å². The van der Waals surface area contributed by atoms with E-state index in [0.717, 1.165) is 35.3 Å². The van der Waals surface area contributed by atoms with Crippen molar-refractivity contribution in [1.82, 2.24) is 14.4 Å². The molecule has 12 heteroatoms. The molecule has 0 N–H and O–H groups in total. The fraction of sp³-hybridized carbons (Fsp3) is 0.294. The van der Waals surface area contributed by atoms with Gasteiger partial charge in [-0.25, -0.2) is 8.78 Å². The van der Waals surface area contributed by atoms with Gasteiger partial charge < -0.3 is 28.6 Å².